The number of ether oxygens (including phenoxy) is 1. The third kappa shape index (κ3) is 3.95. The summed E-state index contributed by atoms with van der Waals surface area (Å²) in [6.45, 7) is 2.47. The second kappa shape index (κ2) is 6.76. The molecule has 2 fully saturated rings. The summed E-state index contributed by atoms with van der Waals surface area (Å²) in [4.78, 5) is 24.6. The maximum Gasteiger partial charge on any atom is 0.255 e. The van der Waals surface area contributed by atoms with Crippen molar-refractivity contribution in [2.45, 2.75) is 25.4 Å². The molecule has 7 heteroatoms. The van der Waals surface area contributed by atoms with Crippen molar-refractivity contribution < 1.29 is 14.3 Å². The highest BCUT2D eigenvalue weighted by Gasteiger charge is 2.36. The molecule has 3 rings (SSSR count). The number of halogens is 1. The summed E-state index contributed by atoms with van der Waals surface area (Å²) in [5.41, 5.74) is 6.13. The zero-order chi connectivity index (χ0) is 16.4. The fraction of sp³-hybridized carbons (Fsp3) is 0.500. The number of hydrogen-bond acceptors (Lipinski definition) is 4. The van der Waals surface area contributed by atoms with Gasteiger partial charge >= 0.3 is 0 Å². The van der Waals surface area contributed by atoms with Gasteiger partial charge in [0.25, 0.3) is 5.91 Å². The number of likely N-dealkylation sites (tertiary alicyclic amines) is 1. The van der Waals surface area contributed by atoms with Gasteiger partial charge in [0, 0.05) is 38.0 Å². The lowest BCUT2D eigenvalue weighted by Crippen LogP contribution is -2.44. The molecule has 0 saturated carbocycles. The highest BCUT2D eigenvalue weighted by molar-refractivity contribution is 6.32. The maximum absolute atomic E-state index is 11.5. The first-order valence-corrected chi connectivity index (χ1v) is 8.10. The van der Waals surface area contributed by atoms with Gasteiger partial charge in [0.05, 0.1) is 5.02 Å². The van der Waals surface area contributed by atoms with E-state index >= 15 is 0 Å². The van der Waals surface area contributed by atoms with Crippen LogP contribution in [0.4, 0.5) is 0 Å². The number of primary amides is 1. The molecule has 3 N–H and O–H groups in total. The number of benzene rings is 1. The van der Waals surface area contributed by atoms with Crippen LogP contribution in [0.3, 0.4) is 0 Å². The molecular formula is C16H20ClN3O3. The van der Waals surface area contributed by atoms with Gasteiger partial charge in [0.1, 0.15) is 5.75 Å². The average molecular weight is 338 g/mol. The van der Waals surface area contributed by atoms with E-state index in [1.54, 1.807) is 6.07 Å². The summed E-state index contributed by atoms with van der Waals surface area (Å²) in [6, 6.07) is 5.88. The lowest BCUT2D eigenvalue weighted by atomic mass is 9.93. The standard InChI is InChI=1S/C16H20ClN3O3/c17-12-5-10(1-2-14(12)23-9-15(18)21)7-20-4-3-13-11(8-20)6-16(22)19-13/h1-2,5,11,13H,3-4,6-9H2,(H2,18,21)(H,19,22)/t11-,13+/m1/s1. The number of fused-ring (bicyclic) bond motifs is 1. The van der Waals surface area contributed by atoms with E-state index in [9.17, 15) is 9.59 Å². The lowest BCUT2D eigenvalue weighted by molar-refractivity contribution is -0.120. The fourth-order valence-corrected chi connectivity index (χ4v) is 3.58. The van der Waals surface area contributed by atoms with Crippen LogP contribution in [0.2, 0.25) is 5.02 Å². The first kappa shape index (κ1) is 16.1. The molecule has 1 aromatic carbocycles. The molecule has 0 aliphatic carbocycles. The Morgan fingerprint density at radius 3 is 3.04 bits per heavy atom. The summed E-state index contributed by atoms with van der Waals surface area (Å²) in [7, 11) is 0. The van der Waals surface area contributed by atoms with Crippen molar-refractivity contribution in [3.63, 3.8) is 0 Å². The highest BCUT2D eigenvalue weighted by Crippen LogP contribution is 2.29. The van der Waals surface area contributed by atoms with E-state index in [0.717, 1.165) is 31.6 Å². The van der Waals surface area contributed by atoms with Crippen LogP contribution >= 0.6 is 11.6 Å². The zero-order valence-electron chi connectivity index (χ0n) is 12.8. The molecular weight excluding hydrogens is 318 g/mol. The van der Waals surface area contributed by atoms with Crippen molar-refractivity contribution in [3.8, 4) is 5.75 Å². The summed E-state index contributed by atoms with van der Waals surface area (Å²) in [5, 5.41) is 3.51. The smallest absolute Gasteiger partial charge is 0.255 e. The van der Waals surface area contributed by atoms with Gasteiger partial charge in [0.2, 0.25) is 5.91 Å². The molecule has 0 aromatic heterocycles. The summed E-state index contributed by atoms with van der Waals surface area (Å²) in [6.07, 6.45) is 1.62. The van der Waals surface area contributed by atoms with Crippen LogP contribution in [-0.2, 0) is 16.1 Å². The van der Waals surface area contributed by atoms with Crippen LogP contribution in [0.1, 0.15) is 18.4 Å². The third-order valence-corrected chi connectivity index (χ3v) is 4.68. The van der Waals surface area contributed by atoms with E-state index in [2.05, 4.69) is 10.2 Å². The Labute approximate surface area is 139 Å². The second-order valence-electron chi connectivity index (χ2n) is 6.18. The number of rotatable bonds is 5. The molecule has 0 radical (unpaired) electrons. The van der Waals surface area contributed by atoms with E-state index in [1.807, 2.05) is 12.1 Å². The molecule has 2 saturated heterocycles. The van der Waals surface area contributed by atoms with Crippen molar-refractivity contribution >= 4 is 23.4 Å². The van der Waals surface area contributed by atoms with E-state index in [4.69, 9.17) is 22.1 Å². The molecule has 2 amide bonds. The second-order valence-corrected chi connectivity index (χ2v) is 6.59. The molecule has 2 atom stereocenters. The molecule has 2 aliphatic rings. The molecule has 1 aromatic rings. The van der Waals surface area contributed by atoms with E-state index in [-0.39, 0.29) is 12.5 Å². The monoisotopic (exact) mass is 337 g/mol. The normalized spacial score (nSPS) is 24.1. The Morgan fingerprint density at radius 1 is 1.48 bits per heavy atom. The van der Waals surface area contributed by atoms with Crippen LogP contribution < -0.4 is 15.8 Å². The summed E-state index contributed by atoms with van der Waals surface area (Å²) >= 11 is 6.19. The van der Waals surface area contributed by atoms with Crippen LogP contribution in [-0.4, -0.2) is 42.5 Å². The Balaban J connectivity index is 1.59. The maximum atomic E-state index is 11.5. The molecule has 0 unspecified atom stereocenters. The quantitative estimate of drug-likeness (QED) is 0.836. The van der Waals surface area contributed by atoms with E-state index in [1.165, 1.54) is 0 Å². The number of amides is 2. The molecule has 23 heavy (non-hydrogen) atoms. The minimum atomic E-state index is -0.535. The largest absolute Gasteiger partial charge is 0.482 e. The SMILES string of the molecule is NC(=O)COc1ccc(CN2CC[C@@H]3NC(=O)C[C@@H]3C2)cc1Cl. The van der Waals surface area contributed by atoms with Gasteiger partial charge in [-0.3, -0.25) is 14.5 Å². The number of carbonyl (C=O) groups excluding carboxylic acids is 2. The van der Waals surface area contributed by atoms with Crippen molar-refractivity contribution in [2.75, 3.05) is 19.7 Å². The highest BCUT2D eigenvalue weighted by atomic mass is 35.5. The van der Waals surface area contributed by atoms with Crippen LogP contribution in [0, 0.1) is 5.92 Å². The van der Waals surface area contributed by atoms with Gasteiger partial charge in [-0.25, -0.2) is 0 Å². The summed E-state index contributed by atoms with van der Waals surface area (Å²) < 4.78 is 5.25. The summed E-state index contributed by atoms with van der Waals surface area (Å²) in [5.74, 6) is 0.497. The Hall–Kier alpha value is -1.79. The van der Waals surface area contributed by atoms with Crippen molar-refractivity contribution in [3.05, 3.63) is 28.8 Å². The van der Waals surface area contributed by atoms with Gasteiger partial charge in [-0.1, -0.05) is 17.7 Å². The molecule has 2 heterocycles. The average Bonchev–Trinajstić information content (AvgIpc) is 2.85. The van der Waals surface area contributed by atoms with Gasteiger partial charge in [-0.15, -0.1) is 0 Å². The van der Waals surface area contributed by atoms with Gasteiger partial charge in [-0.2, -0.15) is 0 Å². The number of nitrogens with zero attached hydrogens (tertiary/aromatic N) is 1. The molecule has 0 spiro atoms. The van der Waals surface area contributed by atoms with E-state index in [0.29, 0.717) is 29.2 Å². The topological polar surface area (TPSA) is 84.7 Å². The predicted molar refractivity (Wildman–Crippen MR) is 86.1 cm³/mol. The molecule has 0 bridgehead atoms. The Kier molecular flexibility index (Phi) is 4.73. The number of nitrogens with one attached hydrogen (secondary N) is 1. The molecule has 6 nitrogen and oxygen atoms in total. The molecule has 2 aliphatic heterocycles. The number of hydrogen-bond donors (Lipinski definition) is 2. The predicted octanol–water partition coefficient (Wildman–Crippen LogP) is 0.914. The van der Waals surface area contributed by atoms with Gasteiger partial charge < -0.3 is 15.8 Å². The van der Waals surface area contributed by atoms with E-state index < -0.39 is 5.91 Å². The van der Waals surface area contributed by atoms with Crippen LogP contribution in [0.15, 0.2) is 18.2 Å². The Morgan fingerprint density at radius 2 is 2.30 bits per heavy atom. The third-order valence-electron chi connectivity index (χ3n) is 4.38. The van der Waals surface area contributed by atoms with Gasteiger partial charge in [-0.05, 0) is 24.1 Å². The zero-order valence-corrected chi connectivity index (χ0v) is 13.5. The number of nitrogens with two attached hydrogens (primary N) is 1. The first-order valence-electron chi connectivity index (χ1n) is 7.72. The van der Waals surface area contributed by atoms with Crippen molar-refractivity contribution in [1.82, 2.24) is 10.2 Å². The fourth-order valence-electron chi connectivity index (χ4n) is 3.32. The number of piperidine rings is 1. The van der Waals surface area contributed by atoms with Crippen molar-refractivity contribution in [1.29, 1.82) is 0 Å². The lowest BCUT2D eigenvalue weighted by Gasteiger charge is -2.34. The van der Waals surface area contributed by atoms with Crippen molar-refractivity contribution in [2.24, 2.45) is 11.7 Å². The van der Waals surface area contributed by atoms with Gasteiger partial charge in [0.15, 0.2) is 6.61 Å². The first-order chi connectivity index (χ1) is 11.0. The minimum Gasteiger partial charge on any atom is -0.482 e. The van der Waals surface area contributed by atoms with Crippen LogP contribution in [0.5, 0.6) is 5.75 Å². The van der Waals surface area contributed by atoms with Crippen LogP contribution in [0.25, 0.3) is 0 Å². The Bertz CT molecular complexity index is 623. The molecule has 124 valence electrons. The number of carbonyl (C=O) groups is 2. The minimum absolute atomic E-state index is 0.167.